The summed E-state index contributed by atoms with van der Waals surface area (Å²) in [6, 6.07) is 23.2. The molecule has 0 spiro atoms. The van der Waals surface area contributed by atoms with Gasteiger partial charge in [-0.15, -0.1) is 0 Å². The largest absolute Gasteiger partial charge is 0.454 e. The van der Waals surface area contributed by atoms with Crippen molar-refractivity contribution < 1.29 is 19.0 Å². The number of carbonyl (C=O) groups is 1. The summed E-state index contributed by atoms with van der Waals surface area (Å²) in [6.07, 6.45) is 1.80. The van der Waals surface area contributed by atoms with Crippen LogP contribution in [0.4, 0.5) is 10.5 Å². The normalized spacial score (nSPS) is 21.9. The molecule has 1 aliphatic carbocycles. The molecule has 1 unspecified atom stereocenters. The number of rotatable bonds is 5. The van der Waals surface area contributed by atoms with Gasteiger partial charge in [0.05, 0.1) is 6.04 Å². The SMILES string of the molecule is O=C(OCc1ccccc1)N1CCC2C[C@@H]1c1ccc(N3CCN(Cc4ccc5c(c4)OCO5)CC3)cc12. The summed E-state index contributed by atoms with van der Waals surface area (Å²) >= 11 is 0. The Kier molecular flexibility index (Phi) is 6.08. The van der Waals surface area contributed by atoms with Crippen molar-refractivity contribution in [2.24, 2.45) is 0 Å². The number of piperidine rings is 1. The van der Waals surface area contributed by atoms with Crippen LogP contribution in [0.15, 0.2) is 66.7 Å². The highest BCUT2D eigenvalue weighted by atomic mass is 16.7. The zero-order chi connectivity index (χ0) is 25.5. The van der Waals surface area contributed by atoms with Gasteiger partial charge in [0, 0.05) is 45.0 Å². The van der Waals surface area contributed by atoms with Crippen molar-refractivity contribution in [3.63, 3.8) is 0 Å². The van der Waals surface area contributed by atoms with E-state index in [1.54, 1.807) is 0 Å². The van der Waals surface area contributed by atoms with Gasteiger partial charge >= 0.3 is 6.09 Å². The minimum atomic E-state index is -0.201. The fourth-order valence-corrected chi connectivity index (χ4v) is 6.44. The maximum absolute atomic E-state index is 13.0. The first-order valence-electron chi connectivity index (χ1n) is 13.7. The van der Waals surface area contributed by atoms with Gasteiger partial charge in [0.25, 0.3) is 0 Å². The van der Waals surface area contributed by atoms with Crippen molar-refractivity contribution in [3.05, 3.63) is 89.0 Å². The summed E-state index contributed by atoms with van der Waals surface area (Å²) in [5.41, 5.74) is 6.31. The van der Waals surface area contributed by atoms with Gasteiger partial charge in [0.15, 0.2) is 11.5 Å². The van der Waals surface area contributed by atoms with Crippen molar-refractivity contribution in [3.8, 4) is 11.5 Å². The monoisotopic (exact) mass is 511 g/mol. The zero-order valence-corrected chi connectivity index (χ0v) is 21.6. The second kappa shape index (κ2) is 9.87. The molecule has 2 fully saturated rings. The van der Waals surface area contributed by atoms with Crippen molar-refractivity contribution in [2.75, 3.05) is 44.4 Å². The van der Waals surface area contributed by atoms with Crippen molar-refractivity contribution in [2.45, 2.75) is 38.0 Å². The van der Waals surface area contributed by atoms with Crippen LogP contribution in [0.3, 0.4) is 0 Å². The zero-order valence-electron chi connectivity index (χ0n) is 21.6. The van der Waals surface area contributed by atoms with Crippen LogP contribution in [0.1, 0.15) is 47.1 Å². The molecule has 0 radical (unpaired) electrons. The van der Waals surface area contributed by atoms with Crippen LogP contribution in [0.25, 0.3) is 0 Å². The van der Waals surface area contributed by atoms with E-state index in [1.807, 2.05) is 41.3 Å². The first kappa shape index (κ1) is 23.4. The quantitative estimate of drug-likeness (QED) is 0.463. The Bertz CT molecular complexity index is 1320. The number of fused-ring (bicyclic) bond motifs is 6. The summed E-state index contributed by atoms with van der Waals surface area (Å²) in [6.45, 7) is 6.39. The molecule has 2 bridgehead atoms. The average Bonchev–Trinajstić information content (AvgIpc) is 3.54. The van der Waals surface area contributed by atoms with Gasteiger partial charge < -0.3 is 24.0 Å². The van der Waals surface area contributed by atoms with Crippen LogP contribution < -0.4 is 14.4 Å². The van der Waals surface area contributed by atoms with Gasteiger partial charge in [-0.1, -0.05) is 42.5 Å². The molecule has 0 N–H and O–H groups in total. The smallest absolute Gasteiger partial charge is 0.410 e. The summed E-state index contributed by atoms with van der Waals surface area (Å²) in [5, 5.41) is 0. The van der Waals surface area contributed by atoms with Crippen LogP contribution in [0.5, 0.6) is 11.5 Å². The first-order chi connectivity index (χ1) is 18.7. The molecule has 7 nitrogen and oxygen atoms in total. The van der Waals surface area contributed by atoms with Crippen molar-refractivity contribution in [1.82, 2.24) is 9.80 Å². The standard InChI is InChI=1S/C31H33N3O4/c35-31(36-20-22-4-2-1-3-5-22)34-11-10-24-17-28(34)26-8-7-25(18-27(24)26)33-14-12-32(13-15-33)19-23-6-9-29-30(16-23)38-21-37-29/h1-9,16,18,24,28H,10-15,17,19-21H2/t24?,28-/m1/s1. The summed E-state index contributed by atoms with van der Waals surface area (Å²) in [5.74, 6) is 2.22. The third-order valence-electron chi connectivity index (χ3n) is 8.49. The van der Waals surface area contributed by atoms with Gasteiger partial charge in [-0.25, -0.2) is 4.79 Å². The third kappa shape index (κ3) is 4.45. The van der Waals surface area contributed by atoms with E-state index in [-0.39, 0.29) is 12.1 Å². The number of ether oxygens (including phenoxy) is 3. The summed E-state index contributed by atoms with van der Waals surface area (Å²) < 4.78 is 16.7. The number of hydrogen-bond acceptors (Lipinski definition) is 6. The van der Waals surface area contributed by atoms with E-state index in [0.29, 0.717) is 19.3 Å². The van der Waals surface area contributed by atoms with Crippen molar-refractivity contribution in [1.29, 1.82) is 0 Å². The minimum Gasteiger partial charge on any atom is -0.454 e. The molecule has 4 aliphatic rings. The van der Waals surface area contributed by atoms with Gasteiger partial charge in [-0.2, -0.15) is 0 Å². The average molecular weight is 512 g/mol. The highest BCUT2D eigenvalue weighted by molar-refractivity contribution is 5.70. The van der Waals surface area contributed by atoms with E-state index in [2.05, 4.69) is 40.1 Å². The molecule has 3 aromatic carbocycles. The Morgan fingerprint density at radius 2 is 1.68 bits per heavy atom. The van der Waals surface area contributed by atoms with E-state index in [1.165, 1.54) is 22.4 Å². The van der Waals surface area contributed by atoms with Crippen LogP contribution >= 0.6 is 0 Å². The van der Waals surface area contributed by atoms with Crippen LogP contribution in [0.2, 0.25) is 0 Å². The van der Waals surface area contributed by atoms with Gasteiger partial charge in [-0.3, -0.25) is 4.90 Å². The number of benzene rings is 3. The molecule has 38 heavy (non-hydrogen) atoms. The number of anilines is 1. The fraction of sp³-hybridized carbons (Fsp3) is 0.387. The lowest BCUT2D eigenvalue weighted by molar-refractivity contribution is 0.0694. The Morgan fingerprint density at radius 3 is 2.55 bits per heavy atom. The lowest BCUT2D eigenvalue weighted by atomic mass is 9.95. The van der Waals surface area contributed by atoms with E-state index >= 15 is 0 Å². The molecule has 7 rings (SSSR count). The highest BCUT2D eigenvalue weighted by Gasteiger charge is 2.41. The van der Waals surface area contributed by atoms with E-state index in [0.717, 1.165) is 69.2 Å². The topological polar surface area (TPSA) is 54.5 Å². The van der Waals surface area contributed by atoms with Crippen LogP contribution in [0, 0.1) is 0 Å². The molecule has 1 amide bonds. The molecular weight excluding hydrogens is 478 g/mol. The van der Waals surface area contributed by atoms with Gasteiger partial charge in [0.1, 0.15) is 6.61 Å². The summed E-state index contributed by atoms with van der Waals surface area (Å²) in [4.78, 5) is 19.9. The predicted octanol–water partition coefficient (Wildman–Crippen LogP) is 5.31. The summed E-state index contributed by atoms with van der Waals surface area (Å²) in [7, 11) is 0. The Hall–Kier alpha value is -3.71. The number of amides is 1. The number of piperazine rings is 1. The minimum absolute atomic E-state index is 0.125. The molecule has 3 aromatic rings. The Balaban J connectivity index is 0.978. The fourth-order valence-electron chi connectivity index (χ4n) is 6.44. The molecular formula is C31H33N3O4. The van der Waals surface area contributed by atoms with E-state index < -0.39 is 0 Å². The second-order valence-corrected chi connectivity index (χ2v) is 10.7. The molecule has 3 heterocycles. The van der Waals surface area contributed by atoms with Gasteiger partial charge in [0.2, 0.25) is 6.79 Å². The van der Waals surface area contributed by atoms with Gasteiger partial charge in [-0.05, 0) is 65.3 Å². The number of likely N-dealkylation sites (tertiary alicyclic amines) is 1. The number of carbonyl (C=O) groups excluding carboxylic acids is 1. The highest BCUT2D eigenvalue weighted by Crippen LogP contribution is 2.50. The van der Waals surface area contributed by atoms with E-state index in [9.17, 15) is 4.79 Å². The molecule has 2 saturated heterocycles. The predicted molar refractivity (Wildman–Crippen MR) is 145 cm³/mol. The molecule has 0 saturated carbocycles. The Labute approximate surface area is 223 Å². The number of hydrogen-bond donors (Lipinski definition) is 0. The third-order valence-corrected chi connectivity index (χ3v) is 8.49. The van der Waals surface area contributed by atoms with Crippen molar-refractivity contribution >= 4 is 11.8 Å². The molecule has 0 aromatic heterocycles. The lowest BCUT2D eigenvalue weighted by Gasteiger charge is -2.36. The number of nitrogens with zero attached hydrogens (tertiary/aromatic N) is 3. The maximum atomic E-state index is 13.0. The molecule has 7 heteroatoms. The van der Waals surface area contributed by atoms with Crippen LogP contribution in [-0.4, -0.2) is 55.4 Å². The maximum Gasteiger partial charge on any atom is 0.410 e. The molecule has 2 atom stereocenters. The second-order valence-electron chi connectivity index (χ2n) is 10.7. The lowest BCUT2D eigenvalue weighted by Crippen LogP contribution is -2.46. The molecule has 3 aliphatic heterocycles. The molecule has 196 valence electrons. The first-order valence-corrected chi connectivity index (χ1v) is 13.7. The van der Waals surface area contributed by atoms with E-state index in [4.69, 9.17) is 14.2 Å². The van der Waals surface area contributed by atoms with Crippen LogP contribution in [-0.2, 0) is 17.9 Å². The Morgan fingerprint density at radius 1 is 0.842 bits per heavy atom.